The minimum Gasteiger partial charge on any atom is -0.380 e. The van der Waals surface area contributed by atoms with Gasteiger partial charge in [0.1, 0.15) is 12.1 Å². The average molecular weight is 284 g/mol. The van der Waals surface area contributed by atoms with Crippen molar-refractivity contribution in [3.63, 3.8) is 0 Å². The Morgan fingerprint density at radius 1 is 1.30 bits per heavy atom. The molecule has 3 atom stereocenters. The van der Waals surface area contributed by atoms with Crippen LogP contribution >= 0.6 is 0 Å². The van der Waals surface area contributed by atoms with Gasteiger partial charge in [-0.05, 0) is 19.3 Å². The van der Waals surface area contributed by atoms with Gasteiger partial charge in [0.25, 0.3) is 0 Å². The van der Waals surface area contributed by atoms with E-state index in [-0.39, 0.29) is 29.8 Å². The molecule has 3 unspecified atom stereocenters. The van der Waals surface area contributed by atoms with Crippen LogP contribution in [0.25, 0.3) is 0 Å². The lowest BCUT2D eigenvalue weighted by Gasteiger charge is -2.41. The van der Waals surface area contributed by atoms with Gasteiger partial charge in [-0.15, -0.1) is 0 Å². The summed E-state index contributed by atoms with van der Waals surface area (Å²) >= 11 is 0. The van der Waals surface area contributed by atoms with Crippen molar-refractivity contribution < 1.29 is 14.3 Å². The Bertz CT molecular complexity index is 333. The van der Waals surface area contributed by atoms with Gasteiger partial charge >= 0.3 is 0 Å². The summed E-state index contributed by atoms with van der Waals surface area (Å²) in [5, 5.41) is 2.88. The standard InChI is InChI=1S/C15H28N2O3/c1-5-8-12-15(19)17(9-10-20-7-3)13(11(4)6-2)14(18)16-12/h11-13H,5-10H2,1-4H3,(H,16,18). The van der Waals surface area contributed by atoms with Gasteiger partial charge in [-0.1, -0.05) is 33.6 Å². The lowest BCUT2D eigenvalue weighted by molar-refractivity contribution is -0.152. The van der Waals surface area contributed by atoms with Crippen LogP contribution in [0.4, 0.5) is 0 Å². The number of piperazine rings is 1. The topological polar surface area (TPSA) is 58.6 Å². The van der Waals surface area contributed by atoms with Crippen LogP contribution in [0.5, 0.6) is 0 Å². The fraction of sp³-hybridized carbons (Fsp3) is 0.867. The number of rotatable bonds is 8. The molecule has 1 aliphatic heterocycles. The molecule has 116 valence electrons. The van der Waals surface area contributed by atoms with Crippen LogP contribution in [0.15, 0.2) is 0 Å². The van der Waals surface area contributed by atoms with Crippen LogP contribution in [0, 0.1) is 5.92 Å². The largest absolute Gasteiger partial charge is 0.380 e. The summed E-state index contributed by atoms with van der Waals surface area (Å²) in [6, 6.07) is -0.726. The maximum Gasteiger partial charge on any atom is 0.245 e. The van der Waals surface area contributed by atoms with Crippen LogP contribution in [0.2, 0.25) is 0 Å². The molecule has 0 aromatic heterocycles. The third-order valence-corrected chi connectivity index (χ3v) is 3.94. The molecule has 0 radical (unpaired) electrons. The first kappa shape index (κ1) is 17.0. The molecule has 2 amide bonds. The Kier molecular flexibility index (Phi) is 6.99. The predicted octanol–water partition coefficient (Wildman–Crippen LogP) is 1.56. The Balaban J connectivity index is 2.85. The second-order valence-electron chi connectivity index (χ2n) is 5.41. The molecule has 5 heteroatoms. The van der Waals surface area contributed by atoms with Crippen LogP contribution in [0.3, 0.4) is 0 Å². The molecule has 0 aliphatic carbocycles. The monoisotopic (exact) mass is 284 g/mol. The Morgan fingerprint density at radius 2 is 2.00 bits per heavy atom. The maximum absolute atomic E-state index is 12.5. The van der Waals surface area contributed by atoms with Crippen LogP contribution < -0.4 is 5.32 Å². The van der Waals surface area contributed by atoms with Crippen molar-refractivity contribution in [2.24, 2.45) is 5.92 Å². The van der Waals surface area contributed by atoms with Crippen molar-refractivity contribution in [2.75, 3.05) is 19.8 Å². The molecular formula is C15H28N2O3. The van der Waals surface area contributed by atoms with E-state index in [9.17, 15) is 9.59 Å². The number of hydrogen-bond acceptors (Lipinski definition) is 3. The Labute approximate surface area is 122 Å². The summed E-state index contributed by atoms with van der Waals surface area (Å²) in [5.41, 5.74) is 0. The molecule has 1 saturated heterocycles. The van der Waals surface area contributed by atoms with Crippen LogP contribution in [-0.4, -0.2) is 48.6 Å². The highest BCUT2D eigenvalue weighted by Gasteiger charge is 2.41. The van der Waals surface area contributed by atoms with Crippen molar-refractivity contribution in [3.8, 4) is 0 Å². The summed E-state index contributed by atoms with van der Waals surface area (Å²) in [7, 11) is 0. The molecule has 1 rings (SSSR count). The highest BCUT2D eigenvalue weighted by molar-refractivity contribution is 5.97. The number of nitrogens with one attached hydrogen (secondary N) is 1. The fourth-order valence-electron chi connectivity index (χ4n) is 2.63. The SMILES string of the molecule is CCCC1NC(=O)C(C(C)CC)N(CCOCC)C1=O. The number of nitrogens with zero attached hydrogens (tertiary/aromatic N) is 1. The third kappa shape index (κ3) is 3.95. The smallest absolute Gasteiger partial charge is 0.245 e. The van der Waals surface area contributed by atoms with Crippen LogP contribution in [-0.2, 0) is 14.3 Å². The van der Waals surface area contributed by atoms with Crippen LogP contribution in [0.1, 0.15) is 47.0 Å². The van der Waals surface area contributed by atoms with E-state index in [0.29, 0.717) is 26.2 Å². The second-order valence-corrected chi connectivity index (χ2v) is 5.41. The summed E-state index contributed by atoms with van der Waals surface area (Å²) in [6.07, 6.45) is 2.45. The predicted molar refractivity (Wildman–Crippen MR) is 78.3 cm³/mol. The zero-order chi connectivity index (χ0) is 15.1. The van der Waals surface area contributed by atoms with Crippen molar-refractivity contribution in [2.45, 2.75) is 59.0 Å². The van der Waals surface area contributed by atoms with Gasteiger partial charge < -0.3 is 15.0 Å². The lowest BCUT2D eigenvalue weighted by Crippen LogP contribution is -2.65. The normalized spacial score (nSPS) is 24.7. The van der Waals surface area contributed by atoms with Gasteiger partial charge in [-0.25, -0.2) is 0 Å². The minimum atomic E-state index is -0.366. The van der Waals surface area contributed by atoms with E-state index >= 15 is 0 Å². The first-order chi connectivity index (χ1) is 9.56. The first-order valence-corrected chi connectivity index (χ1v) is 7.75. The molecule has 5 nitrogen and oxygen atoms in total. The molecule has 0 bridgehead atoms. The van der Waals surface area contributed by atoms with E-state index in [1.807, 2.05) is 27.7 Å². The summed E-state index contributed by atoms with van der Waals surface area (Å²) < 4.78 is 5.35. The molecule has 1 N–H and O–H groups in total. The van der Waals surface area contributed by atoms with Crippen molar-refractivity contribution in [1.82, 2.24) is 10.2 Å². The van der Waals surface area contributed by atoms with E-state index in [2.05, 4.69) is 5.32 Å². The second kappa shape index (κ2) is 8.25. The quantitative estimate of drug-likeness (QED) is 0.688. The molecule has 1 fully saturated rings. The van der Waals surface area contributed by atoms with Gasteiger partial charge in [0.05, 0.1) is 6.61 Å². The summed E-state index contributed by atoms with van der Waals surface area (Å²) in [6.45, 7) is 9.62. The number of hydrogen-bond donors (Lipinski definition) is 1. The molecule has 0 aromatic carbocycles. The number of ether oxygens (including phenoxy) is 1. The molecule has 0 aromatic rings. The first-order valence-electron chi connectivity index (χ1n) is 7.75. The third-order valence-electron chi connectivity index (χ3n) is 3.94. The van der Waals surface area contributed by atoms with Crippen molar-refractivity contribution in [3.05, 3.63) is 0 Å². The number of amides is 2. The average Bonchev–Trinajstić information content (AvgIpc) is 2.43. The fourth-order valence-corrected chi connectivity index (χ4v) is 2.63. The van der Waals surface area contributed by atoms with Gasteiger partial charge in [0, 0.05) is 13.2 Å². The van der Waals surface area contributed by atoms with Crippen molar-refractivity contribution in [1.29, 1.82) is 0 Å². The van der Waals surface area contributed by atoms with Gasteiger partial charge in [0.2, 0.25) is 11.8 Å². The summed E-state index contributed by atoms with van der Waals surface area (Å²) in [5.74, 6) is 0.175. The minimum absolute atomic E-state index is 0.0195. The molecule has 0 saturated carbocycles. The molecule has 1 aliphatic rings. The van der Waals surface area contributed by atoms with E-state index in [1.165, 1.54) is 0 Å². The van der Waals surface area contributed by atoms with Gasteiger partial charge in [-0.3, -0.25) is 9.59 Å². The van der Waals surface area contributed by atoms with E-state index < -0.39 is 0 Å². The van der Waals surface area contributed by atoms with Crippen molar-refractivity contribution >= 4 is 11.8 Å². The highest BCUT2D eigenvalue weighted by Crippen LogP contribution is 2.21. The Hall–Kier alpha value is -1.10. The van der Waals surface area contributed by atoms with Gasteiger partial charge in [0.15, 0.2) is 0 Å². The summed E-state index contributed by atoms with van der Waals surface area (Å²) in [4.78, 5) is 26.6. The molecule has 1 heterocycles. The Morgan fingerprint density at radius 3 is 2.55 bits per heavy atom. The number of carbonyl (C=O) groups is 2. The zero-order valence-corrected chi connectivity index (χ0v) is 13.1. The van der Waals surface area contributed by atoms with Gasteiger partial charge in [-0.2, -0.15) is 0 Å². The zero-order valence-electron chi connectivity index (χ0n) is 13.1. The molecular weight excluding hydrogens is 256 g/mol. The van der Waals surface area contributed by atoms with E-state index in [1.54, 1.807) is 4.90 Å². The molecule has 20 heavy (non-hydrogen) atoms. The van der Waals surface area contributed by atoms with E-state index in [0.717, 1.165) is 12.8 Å². The van der Waals surface area contributed by atoms with E-state index in [4.69, 9.17) is 4.74 Å². The highest BCUT2D eigenvalue weighted by atomic mass is 16.5. The maximum atomic E-state index is 12.5. The number of carbonyl (C=O) groups excluding carboxylic acids is 2. The lowest BCUT2D eigenvalue weighted by atomic mass is 9.92. The molecule has 0 spiro atoms.